The van der Waals surface area contributed by atoms with Crippen LogP contribution in [0.5, 0.6) is 0 Å². The van der Waals surface area contributed by atoms with E-state index in [-0.39, 0.29) is 17.2 Å². The van der Waals surface area contributed by atoms with E-state index in [2.05, 4.69) is 16.8 Å². The summed E-state index contributed by atoms with van der Waals surface area (Å²) in [5.74, 6) is 6.57. The van der Waals surface area contributed by atoms with Crippen LogP contribution in [0.25, 0.3) is 22.3 Å². The molecule has 4 aromatic rings. The molecule has 0 unspecified atom stereocenters. The predicted molar refractivity (Wildman–Crippen MR) is 138 cm³/mol. The Kier molecular flexibility index (Phi) is 6.99. The smallest absolute Gasteiger partial charge is 0.299 e. The van der Waals surface area contributed by atoms with Gasteiger partial charge in [0.1, 0.15) is 5.39 Å². The molecule has 0 radical (unpaired) electrons. The summed E-state index contributed by atoms with van der Waals surface area (Å²) in [6.07, 6.45) is 3.38. The van der Waals surface area contributed by atoms with Crippen LogP contribution in [-0.2, 0) is 20.1 Å². The molecule has 4 rings (SSSR count). The van der Waals surface area contributed by atoms with Crippen LogP contribution in [0, 0.1) is 17.8 Å². The van der Waals surface area contributed by atoms with Gasteiger partial charge >= 0.3 is 5.69 Å². The van der Waals surface area contributed by atoms with E-state index in [1.807, 2.05) is 73.9 Å². The zero-order valence-corrected chi connectivity index (χ0v) is 20.8. The first-order valence-electron chi connectivity index (χ1n) is 11.6. The second kappa shape index (κ2) is 10.1. The highest BCUT2D eigenvalue weighted by atomic mass is 16.2. The highest BCUT2D eigenvalue weighted by molar-refractivity contribution is 5.90. The van der Waals surface area contributed by atoms with Crippen LogP contribution in [0.1, 0.15) is 25.0 Å². The van der Waals surface area contributed by atoms with Gasteiger partial charge in [0.05, 0.1) is 18.8 Å². The molecule has 0 amide bonds. The lowest BCUT2D eigenvalue weighted by Crippen LogP contribution is -2.38. The van der Waals surface area contributed by atoms with Gasteiger partial charge in [0.25, 0.3) is 5.56 Å². The molecule has 0 N–H and O–H groups in total. The van der Waals surface area contributed by atoms with Crippen LogP contribution in [0.3, 0.4) is 0 Å². The van der Waals surface area contributed by atoms with Crippen molar-refractivity contribution in [1.29, 1.82) is 0 Å². The van der Waals surface area contributed by atoms with Crippen LogP contribution in [-0.4, -0.2) is 49.4 Å². The molecule has 0 fully saturated rings. The molecule has 0 aliphatic heterocycles. The number of pyridine rings is 1. The van der Waals surface area contributed by atoms with Gasteiger partial charge in [0.15, 0.2) is 5.65 Å². The molecule has 0 aliphatic carbocycles. The zero-order chi connectivity index (χ0) is 25.1. The fraction of sp³-hybridized carbons (Fsp3) is 0.333. The lowest BCUT2D eigenvalue weighted by atomic mass is 10.1. The van der Waals surface area contributed by atoms with Gasteiger partial charge in [-0.2, -0.15) is 5.10 Å². The van der Waals surface area contributed by atoms with Gasteiger partial charge in [-0.15, -0.1) is 0 Å². The minimum atomic E-state index is -0.361. The molecule has 180 valence electrons. The number of hydrogen-bond donors (Lipinski definition) is 0. The first-order valence-corrected chi connectivity index (χ1v) is 11.6. The van der Waals surface area contributed by atoms with Crippen LogP contribution in [0.15, 0.2) is 58.4 Å². The van der Waals surface area contributed by atoms with Gasteiger partial charge in [-0.1, -0.05) is 37.8 Å². The third kappa shape index (κ3) is 5.10. The van der Waals surface area contributed by atoms with E-state index in [1.165, 1.54) is 11.6 Å². The van der Waals surface area contributed by atoms with Crippen LogP contribution in [0.2, 0.25) is 0 Å². The Morgan fingerprint density at radius 3 is 2.51 bits per heavy atom. The third-order valence-corrected chi connectivity index (χ3v) is 5.61. The normalized spacial score (nSPS) is 11.3. The molecule has 0 saturated carbocycles. The maximum Gasteiger partial charge on any atom is 0.332 e. The van der Waals surface area contributed by atoms with Crippen molar-refractivity contribution in [1.82, 2.24) is 28.8 Å². The van der Waals surface area contributed by atoms with Crippen molar-refractivity contribution in [2.45, 2.75) is 26.9 Å². The first kappa shape index (κ1) is 24.2. The minimum Gasteiger partial charge on any atom is -0.299 e. The predicted octanol–water partition coefficient (Wildman–Crippen LogP) is 2.58. The molecule has 1 aromatic carbocycles. The van der Waals surface area contributed by atoms with E-state index in [0.29, 0.717) is 36.4 Å². The van der Waals surface area contributed by atoms with Crippen LogP contribution < -0.4 is 11.2 Å². The monoisotopic (exact) mass is 470 g/mol. The maximum absolute atomic E-state index is 13.3. The highest BCUT2D eigenvalue weighted by Crippen LogP contribution is 2.27. The lowest BCUT2D eigenvalue weighted by Gasteiger charge is -2.11. The summed E-state index contributed by atoms with van der Waals surface area (Å²) in [5.41, 5.74) is 3.09. The fourth-order valence-corrected chi connectivity index (χ4v) is 4.03. The summed E-state index contributed by atoms with van der Waals surface area (Å²) in [5, 5.41) is 5.25. The van der Waals surface area contributed by atoms with E-state index in [9.17, 15) is 9.59 Å². The Morgan fingerprint density at radius 1 is 1.09 bits per heavy atom. The summed E-state index contributed by atoms with van der Waals surface area (Å²) in [4.78, 5) is 32.5. The van der Waals surface area contributed by atoms with Gasteiger partial charge in [-0.25, -0.2) is 4.79 Å². The fourth-order valence-electron chi connectivity index (χ4n) is 4.03. The van der Waals surface area contributed by atoms with Crippen molar-refractivity contribution < 1.29 is 0 Å². The van der Waals surface area contributed by atoms with Gasteiger partial charge in [0.2, 0.25) is 0 Å². The third-order valence-electron chi connectivity index (χ3n) is 5.61. The number of rotatable bonds is 6. The summed E-state index contributed by atoms with van der Waals surface area (Å²) < 4.78 is 4.58. The van der Waals surface area contributed by atoms with Crippen molar-refractivity contribution in [2.24, 2.45) is 13.0 Å². The van der Waals surface area contributed by atoms with Crippen molar-refractivity contribution in [2.75, 3.05) is 20.6 Å². The first-order chi connectivity index (χ1) is 16.8. The standard InChI is InChI=1S/C27H30N6O2/c1-19(2)17-32-25-23(26(34)31(5)27(32)35)24(22-11-13-28-14-12-22)33(29-25)18-21-9-6-8-20(16-21)10-7-15-30(3)4/h6,8-9,11-14,16,19H,15,17-18H2,1-5H3. The van der Waals surface area contributed by atoms with Gasteiger partial charge in [-0.05, 0) is 49.8 Å². The second-order valence-electron chi connectivity index (χ2n) is 9.33. The Hall–Kier alpha value is -3.96. The molecule has 0 bridgehead atoms. The minimum absolute atomic E-state index is 0.209. The maximum atomic E-state index is 13.3. The number of fused-ring (bicyclic) bond motifs is 1. The van der Waals surface area contributed by atoms with Gasteiger partial charge < -0.3 is 0 Å². The molecule has 0 aliphatic rings. The van der Waals surface area contributed by atoms with Crippen molar-refractivity contribution >= 4 is 11.0 Å². The Balaban J connectivity index is 1.91. The SMILES string of the molecule is CC(C)Cn1c(=O)n(C)c(=O)c2c(-c3ccncc3)n(Cc3cccc(C#CCN(C)C)c3)nc21. The molecule has 35 heavy (non-hydrogen) atoms. The molecule has 0 saturated heterocycles. The molecular weight excluding hydrogens is 440 g/mol. The van der Waals surface area contributed by atoms with Gasteiger partial charge in [0, 0.05) is 37.1 Å². The average Bonchev–Trinajstić information content (AvgIpc) is 3.20. The average molecular weight is 471 g/mol. The summed E-state index contributed by atoms with van der Waals surface area (Å²) in [6, 6.07) is 11.7. The highest BCUT2D eigenvalue weighted by Gasteiger charge is 2.22. The van der Waals surface area contributed by atoms with Crippen LogP contribution >= 0.6 is 0 Å². The Bertz CT molecular complexity index is 1530. The van der Waals surface area contributed by atoms with E-state index in [0.717, 1.165) is 16.7 Å². The van der Waals surface area contributed by atoms with Gasteiger partial charge in [-0.3, -0.25) is 28.5 Å². The van der Waals surface area contributed by atoms with Crippen molar-refractivity contribution in [3.05, 3.63) is 80.8 Å². The summed E-state index contributed by atoms with van der Waals surface area (Å²) in [6.45, 7) is 5.64. The van der Waals surface area contributed by atoms with Crippen LogP contribution in [0.4, 0.5) is 0 Å². The van der Waals surface area contributed by atoms with E-state index < -0.39 is 0 Å². The topological polar surface area (TPSA) is 78.0 Å². The second-order valence-corrected chi connectivity index (χ2v) is 9.33. The van der Waals surface area contributed by atoms with Crippen molar-refractivity contribution in [3.8, 4) is 23.1 Å². The summed E-state index contributed by atoms with van der Waals surface area (Å²) >= 11 is 0. The Labute approximate surface area is 204 Å². The number of nitrogens with zero attached hydrogens (tertiary/aromatic N) is 6. The Morgan fingerprint density at radius 2 is 1.83 bits per heavy atom. The molecular formula is C27H30N6O2. The van der Waals surface area contributed by atoms with E-state index in [1.54, 1.807) is 17.0 Å². The number of hydrogen-bond acceptors (Lipinski definition) is 5. The quantitative estimate of drug-likeness (QED) is 0.405. The van der Waals surface area contributed by atoms with E-state index >= 15 is 0 Å². The number of benzene rings is 1. The van der Waals surface area contributed by atoms with E-state index in [4.69, 9.17) is 5.10 Å². The number of aromatic nitrogens is 5. The molecule has 8 nitrogen and oxygen atoms in total. The zero-order valence-electron chi connectivity index (χ0n) is 20.8. The summed E-state index contributed by atoms with van der Waals surface area (Å²) in [7, 11) is 5.49. The molecule has 8 heteroatoms. The molecule has 0 atom stereocenters. The molecule has 3 aromatic heterocycles. The van der Waals surface area contributed by atoms with Crippen molar-refractivity contribution in [3.63, 3.8) is 0 Å². The molecule has 3 heterocycles. The lowest BCUT2D eigenvalue weighted by molar-refractivity contribution is 0.464. The molecule has 0 spiro atoms. The largest absolute Gasteiger partial charge is 0.332 e.